The van der Waals surface area contributed by atoms with Gasteiger partial charge in [0.15, 0.2) is 5.82 Å². The van der Waals surface area contributed by atoms with E-state index < -0.39 is 20.2 Å². The fourth-order valence-electron chi connectivity index (χ4n) is 2.03. The van der Waals surface area contributed by atoms with E-state index in [0.29, 0.717) is 17.3 Å². The van der Waals surface area contributed by atoms with Crippen molar-refractivity contribution in [1.29, 1.82) is 0 Å². The number of aryl methyl sites for hydroxylation is 1. The molecule has 2 aromatic heterocycles. The van der Waals surface area contributed by atoms with Crippen molar-refractivity contribution < 1.29 is 18.9 Å². The fraction of sp³-hybridized carbons (Fsp3) is 0.429. The molecule has 1 amide bonds. The van der Waals surface area contributed by atoms with Crippen LogP contribution in [0.15, 0.2) is 29.0 Å². The van der Waals surface area contributed by atoms with Crippen LogP contribution in [0.2, 0.25) is 0 Å². The van der Waals surface area contributed by atoms with Crippen molar-refractivity contribution in [2.24, 2.45) is 0 Å². The van der Waals surface area contributed by atoms with Crippen LogP contribution < -0.4 is 5.32 Å². The minimum Gasteiger partial charge on any atom is -0.468 e. The second-order valence-corrected chi connectivity index (χ2v) is 8.63. The molecule has 27 heavy (non-hydrogen) atoms. The molecular weight excluding hydrogens is 443 g/mol. The van der Waals surface area contributed by atoms with Crippen molar-refractivity contribution in [2.75, 3.05) is 6.61 Å². The molecule has 0 saturated carbocycles. The topological polar surface area (TPSA) is 112 Å². The number of nitro groups is 1. The van der Waals surface area contributed by atoms with Crippen LogP contribution in [-0.4, -0.2) is 36.3 Å². The Morgan fingerprint density at radius 2 is 2.30 bits per heavy atom. The molecule has 0 saturated heterocycles. The van der Waals surface area contributed by atoms with E-state index in [9.17, 15) is 14.9 Å². The number of imidazole rings is 1. The number of alkyl halides is 3. The average Bonchev–Trinajstić information content (AvgIpc) is 3.20. The Hall–Kier alpha value is -1.62. The lowest BCUT2D eigenvalue weighted by molar-refractivity contribution is -0.392. The molecule has 0 bridgehead atoms. The summed E-state index contributed by atoms with van der Waals surface area (Å²) < 4.78 is 9.77. The van der Waals surface area contributed by atoms with E-state index in [4.69, 9.17) is 44.0 Å². The van der Waals surface area contributed by atoms with Crippen LogP contribution in [-0.2, 0) is 17.0 Å². The number of carbonyl (C=O) groups excluding carboxylic acids is 1. The van der Waals surface area contributed by atoms with Gasteiger partial charge < -0.3 is 24.6 Å². The van der Waals surface area contributed by atoms with Crippen molar-refractivity contribution in [3.63, 3.8) is 0 Å². The van der Waals surface area contributed by atoms with Crippen LogP contribution in [0.5, 0.6) is 0 Å². The maximum absolute atomic E-state index is 12.0. The van der Waals surface area contributed by atoms with E-state index in [0.717, 1.165) is 18.0 Å². The van der Waals surface area contributed by atoms with Crippen LogP contribution in [0.25, 0.3) is 0 Å². The highest BCUT2D eigenvalue weighted by Gasteiger charge is 2.35. The van der Waals surface area contributed by atoms with E-state index >= 15 is 0 Å². The summed E-state index contributed by atoms with van der Waals surface area (Å²) in [6.45, 7) is 1.55. The second-order valence-electron chi connectivity index (χ2n) is 5.16. The fourth-order valence-corrected chi connectivity index (χ4v) is 3.63. The van der Waals surface area contributed by atoms with Gasteiger partial charge in [-0.2, -0.15) is 0 Å². The minimum atomic E-state index is -1.78. The highest BCUT2D eigenvalue weighted by molar-refractivity contribution is 7.99. The number of hydrogen-bond acceptors (Lipinski definition) is 7. The lowest BCUT2D eigenvalue weighted by Gasteiger charge is -2.24. The van der Waals surface area contributed by atoms with Gasteiger partial charge in [-0.3, -0.25) is 0 Å². The third-order valence-electron chi connectivity index (χ3n) is 3.29. The largest absolute Gasteiger partial charge is 0.468 e. The first-order valence-electron chi connectivity index (χ1n) is 7.49. The average molecular weight is 458 g/mol. The highest BCUT2D eigenvalue weighted by atomic mass is 35.6. The Kier molecular flexibility index (Phi) is 7.66. The molecule has 0 aromatic carbocycles. The minimum absolute atomic E-state index is 0.0630. The normalized spacial score (nSPS) is 12.6. The Balaban J connectivity index is 1.86. The summed E-state index contributed by atoms with van der Waals surface area (Å²) in [5, 5.41) is 12.5. The molecule has 1 N–H and O–H groups in total. The van der Waals surface area contributed by atoms with Crippen LogP contribution in [0.3, 0.4) is 0 Å². The van der Waals surface area contributed by atoms with E-state index in [1.165, 1.54) is 10.8 Å². The summed E-state index contributed by atoms with van der Waals surface area (Å²) in [6.07, 6.45) is 1.83. The van der Waals surface area contributed by atoms with E-state index in [2.05, 4.69) is 10.3 Å². The molecule has 0 aliphatic carbocycles. The molecule has 0 radical (unpaired) electrons. The number of thioether (sulfide) groups is 1. The van der Waals surface area contributed by atoms with Crippen molar-refractivity contribution in [2.45, 2.75) is 28.4 Å². The number of amides is 1. The van der Waals surface area contributed by atoms with Crippen LogP contribution in [0.4, 0.5) is 10.6 Å². The Bertz CT molecular complexity index is 778. The number of aromatic nitrogens is 2. The molecule has 1 atom stereocenters. The summed E-state index contributed by atoms with van der Waals surface area (Å²) in [5.41, 5.74) is 0. The van der Waals surface area contributed by atoms with Crippen LogP contribution in [0.1, 0.15) is 11.6 Å². The van der Waals surface area contributed by atoms with Crippen molar-refractivity contribution in [1.82, 2.24) is 14.9 Å². The van der Waals surface area contributed by atoms with E-state index in [-0.39, 0.29) is 19.0 Å². The van der Waals surface area contributed by atoms with Gasteiger partial charge in [0, 0.05) is 6.92 Å². The highest BCUT2D eigenvalue weighted by Crippen LogP contribution is 2.37. The molecule has 0 fully saturated rings. The van der Waals surface area contributed by atoms with Gasteiger partial charge in [0.1, 0.15) is 30.5 Å². The number of alkyl carbamates (subject to hydrolysis) is 1. The third-order valence-corrected chi connectivity index (χ3v) is 5.59. The zero-order valence-corrected chi connectivity index (χ0v) is 17.0. The SMILES string of the molecule is Cc1ncc([N+](=O)[O-])n1CCOC(=O)N[C@@H](SCc1ccco1)C(Cl)(Cl)Cl. The standard InChI is InChI=1S/C14H15Cl3N4O5S/c1-9-18-7-11(21(23)24)20(9)4-6-26-13(22)19-12(14(15,16)17)27-8-10-3-2-5-25-10/h2-3,5,7,12H,4,6,8H2,1H3,(H,19,22)/t12-/m0/s1. The molecule has 0 aliphatic rings. The predicted molar refractivity (Wildman–Crippen MR) is 102 cm³/mol. The van der Waals surface area contributed by atoms with Gasteiger partial charge in [0.2, 0.25) is 3.79 Å². The Labute approximate surface area is 173 Å². The van der Waals surface area contributed by atoms with Gasteiger partial charge >= 0.3 is 11.9 Å². The number of carbonyl (C=O) groups is 1. The first-order chi connectivity index (χ1) is 12.7. The zero-order chi connectivity index (χ0) is 20.0. The summed E-state index contributed by atoms with van der Waals surface area (Å²) in [4.78, 5) is 26.2. The first-order valence-corrected chi connectivity index (χ1v) is 9.67. The summed E-state index contributed by atoms with van der Waals surface area (Å²) in [5.74, 6) is 1.26. The molecule has 2 rings (SSSR count). The van der Waals surface area contributed by atoms with Gasteiger partial charge in [-0.05, 0) is 17.1 Å². The molecule has 148 valence electrons. The lowest BCUT2D eigenvalue weighted by Crippen LogP contribution is -2.42. The molecular formula is C14H15Cl3N4O5S. The van der Waals surface area contributed by atoms with E-state index in [1.807, 2.05) is 0 Å². The number of nitrogens with one attached hydrogen (secondary N) is 1. The first kappa shape index (κ1) is 21.7. The number of halogens is 3. The Morgan fingerprint density at radius 1 is 1.56 bits per heavy atom. The van der Waals surface area contributed by atoms with Crippen LogP contribution >= 0.6 is 46.6 Å². The van der Waals surface area contributed by atoms with Gasteiger partial charge in [0.25, 0.3) is 0 Å². The third kappa shape index (κ3) is 6.49. The monoisotopic (exact) mass is 456 g/mol. The van der Waals surface area contributed by atoms with Gasteiger partial charge in [-0.25, -0.2) is 14.3 Å². The van der Waals surface area contributed by atoms with Crippen molar-refractivity contribution >= 4 is 58.5 Å². The number of ether oxygens (including phenoxy) is 1. The number of furan rings is 1. The molecule has 0 unspecified atom stereocenters. The lowest BCUT2D eigenvalue weighted by atomic mass is 10.5. The zero-order valence-electron chi connectivity index (χ0n) is 13.9. The maximum Gasteiger partial charge on any atom is 0.408 e. The second kappa shape index (κ2) is 9.54. The molecule has 9 nitrogen and oxygen atoms in total. The van der Waals surface area contributed by atoms with Gasteiger partial charge in [-0.1, -0.05) is 34.8 Å². The molecule has 2 aromatic rings. The molecule has 2 heterocycles. The van der Waals surface area contributed by atoms with Crippen molar-refractivity contribution in [3.05, 3.63) is 46.3 Å². The quantitative estimate of drug-likeness (QED) is 0.275. The summed E-state index contributed by atoms with van der Waals surface area (Å²) >= 11 is 18.8. The Morgan fingerprint density at radius 3 is 2.89 bits per heavy atom. The number of rotatable bonds is 8. The molecule has 0 aliphatic heterocycles. The number of hydrogen-bond donors (Lipinski definition) is 1. The van der Waals surface area contributed by atoms with E-state index in [1.54, 1.807) is 19.1 Å². The number of nitrogens with zero attached hydrogens (tertiary/aromatic N) is 3. The summed E-state index contributed by atoms with van der Waals surface area (Å²) in [6, 6.07) is 3.47. The predicted octanol–water partition coefficient (Wildman–Crippen LogP) is 4.05. The molecule has 0 spiro atoms. The van der Waals surface area contributed by atoms with Crippen molar-refractivity contribution in [3.8, 4) is 0 Å². The van der Waals surface area contributed by atoms with Gasteiger partial charge in [-0.15, -0.1) is 11.8 Å². The van der Waals surface area contributed by atoms with Gasteiger partial charge in [0.05, 0.1) is 12.0 Å². The molecule has 13 heteroatoms. The summed E-state index contributed by atoms with van der Waals surface area (Å²) in [7, 11) is 0. The maximum atomic E-state index is 12.0. The smallest absolute Gasteiger partial charge is 0.408 e. The van der Waals surface area contributed by atoms with Crippen LogP contribution in [0, 0.1) is 17.0 Å².